The minimum atomic E-state index is -1.55. The predicted molar refractivity (Wildman–Crippen MR) is 207 cm³/mol. The summed E-state index contributed by atoms with van der Waals surface area (Å²) in [5.41, 5.74) is 0. The molecule has 6 N–H and O–H groups in total. The largest absolute Gasteiger partial charge is 0.394 e. The third-order valence-corrected chi connectivity index (χ3v) is 10.4. The number of aliphatic hydroxyl groups is 5. The van der Waals surface area contributed by atoms with E-state index in [1.165, 1.54) is 103 Å². The molecule has 1 aliphatic heterocycles. The van der Waals surface area contributed by atoms with Gasteiger partial charge in [-0.15, -0.1) is 0 Å². The van der Waals surface area contributed by atoms with E-state index in [1.54, 1.807) is 0 Å². The summed E-state index contributed by atoms with van der Waals surface area (Å²) >= 11 is 0. The molecule has 0 radical (unpaired) electrons. The molecule has 7 atom stereocenters. The van der Waals surface area contributed by atoms with Crippen LogP contribution in [-0.4, -0.2) is 87.5 Å². The SMILES string of the molecule is CCCC/C=C\CCCCCCCC(=O)NC(COC1OC(CO)C(O)C(O)C1O)C(O)CCCCCCCCCCCCCCCCCCC. The van der Waals surface area contributed by atoms with Gasteiger partial charge in [-0.05, 0) is 32.1 Å². The number of rotatable bonds is 35. The van der Waals surface area contributed by atoms with Gasteiger partial charge in [0, 0.05) is 6.42 Å². The number of carbonyl (C=O) groups excluding carboxylic acids is 1. The lowest BCUT2D eigenvalue weighted by Gasteiger charge is -2.40. The molecule has 0 aromatic rings. The van der Waals surface area contributed by atoms with Crippen LogP contribution in [0, 0.1) is 0 Å². The highest BCUT2D eigenvalue weighted by molar-refractivity contribution is 5.76. The molecular weight excluding hydrogens is 646 g/mol. The minimum absolute atomic E-state index is 0.139. The zero-order valence-electron chi connectivity index (χ0n) is 32.9. The van der Waals surface area contributed by atoms with Crippen LogP contribution < -0.4 is 5.32 Å². The molecule has 0 aliphatic carbocycles. The number of carbonyl (C=O) groups is 1. The summed E-state index contributed by atoms with van der Waals surface area (Å²) in [5, 5.41) is 54.2. The Morgan fingerprint density at radius 1 is 0.647 bits per heavy atom. The Balaban J connectivity index is 2.35. The molecule has 51 heavy (non-hydrogen) atoms. The van der Waals surface area contributed by atoms with E-state index < -0.39 is 49.5 Å². The summed E-state index contributed by atoms with van der Waals surface area (Å²) in [6, 6.07) is -0.717. The van der Waals surface area contributed by atoms with Crippen LogP contribution in [-0.2, 0) is 14.3 Å². The first-order chi connectivity index (χ1) is 24.8. The Bertz CT molecular complexity index is 812. The lowest BCUT2D eigenvalue weighted by atomic mass is 9.99. The normalized spacial score (nSPS) is 22.1. The summed E-state index contributed by atoms with van der Waals surface area (Å²) in [4.78, 5) is 12.9. The van der Waals surface area contributed by atoms with Crippen molar-refractivity contribution in [3.8, 4) is 0 Å². The average molecular weight is 728 g/mol. The van der Waals surface area contributed by atoms with E-state index in [1.807, 2.05) is 0 Å². The quantitative estimate of drug-likeness (QED) is 0.0283. The monoisotopic (exact) mass is 728 g/mol. The first-order valence-electron chi connectivity index (χ1n) is 21.4. The number of aliphatic hydroxyl groups excluding tert-OH is 5. The standard InChI is InChI=1S/C42H81NO8/c1-3-5-7-9-11-13-15-16-17-18-19-20-22-23-25-27-29-31-36(45)35(34-50-42-41(49)40(48)39(47)37(33-44)51-42)43-38(46)32-30-28-26-24-21-14-12-10-8-6-4-2/h10,12,35-37,39-42,44-45,47-49H,3-9,11,13-34H2,1-2H3,(H,43,46)/b12-10-. The molecule has 9 heteroatoms. The van der Waals surface area contributed by atoms with Crippen LogP contribution in [0.4, 0.5) is 0 Å². The Hall–Kier alpha value is -1.07. The fraction of sp³-hybridized carbons (Fsp3) is 0.929. The van der Waals surface area contributed by atoms with Gasteiger partial charge in [0.05, 0.1) is 25.4 Å². The van der Waals surface area contributed by atoms with E-state index in [0.29, 0.717) is 12.8 Å². The number of amides is 1. The smallest absolute Gasteiger partial charge is 0.220 e. The van der Waals surface area contributed by atoms with Gasteiger partial charge in [-0.2, -0.15) is 0 Å². The summed E-state index contributed by atoms with van der Waals surface area (Å²) in [5.74, 6) is -0.155. The van der Waals surface area contributed by atoms with Gasteiger partial charge in [-0.25, -0.2) is 0 Å². The van der Waals surface area contributed by atoms with Crippen LogP contribution in [0.1, 0.15) is 194 Å². The van der Waals surface area contributed by atoms with Crippen molar-refractivity contribution in [2.45, 2.75) is 236 Å². The number of hydrogen-bond donors (Lipinski definition) is 6. The van der Waals surface area contributed by atoms with Gasteiger partial charge in [0.1, 0.15) is 24.4 Å². The Morgan fingerprint density at radius 2 is 1.12 bits per heavy atom. The fourth-order valence-corrected chi connectivity index (χ4v) is 6.85. The Kier molecular flexibility index (Phi) is 31.5. The summed E-state index contributed by atoms with van der Waals surface area (Å²) < 4.78 is 11.2. The van der Waals surface area contributed by atoms with Gasteiger partial charge >= 0.3 is 0 Å². The van der Waals surface area contributed by atoms with Crippen molar-refractivity contribution in [1.29, 1.82) is 0 Å². The second-order valence-corrected chi connectivity index (χ2v) is 15.1. The van der Waals surface area contributed by atoms with Crippen LogP contribution >= 0.6 is 0 Å². The van der Waals surface area contributed by atoms with E-state index in [4.69, 9.17) is 9.47 Å². The number of allylic oxidation sites excluding steroid dienone is 2. The molecule has 1 amide bonds. The minimum Gasteiger partial charge on any atom is -0.394 e. The van der Waals surface area contributed by atoms with Gasteiger partial charge in [-0.3, -0.25) is 4.79 Å². The molecule has 0 bridgehead atoms. The number of unbranched alkanes of at least 4 members (excludes halogenated alkanes) is 23. The van der Waals surface area contributed by atoms with Crippen molar-refractivity contribution in [3.63, 3.8) is 0 Å². The van der Waals surface area contributed by atoms with Crippen molar-refractivity contribution in [3.05, 3.63) is 12.2 Å². The maximum atomic E-state index is 12.9. The number of nitrogens with one attached hydrogen (secondary N) is 1. The van der Waals surface area contributed by atoms with Gasteiger partial charge in [0.15, 0.2) is 6.29 Å². The highest BCUT2D eigenvalue weighted by Gasteiger charge is 2.44. The molecule has 0 spiro atoms. The van der Waals surface area contributed by atoms with Crippen molar-refractivity contribution in [2.24, 2.45) is 0 Å². The van der Waals surface area contributed by atoms with E-state index in [-0.39, 0.29) is 12.5 Å². The molecule has 1 rings (SSSR count). The van der Waals surface area contributed by atoms with Crippen LogP contribution in [0.3, 0.4) is 0 Å². The topological polar surface area (TPSA) is 149 Å². The summed E-state index contributed by atoms with van der Waals surface area (Å²) in [6.45, 7) is 3.78. The third kappa shape index (κ3) is 24.8. The Labute approximate surface area is 312 Å². The van der Waals surface area contributed by atoms with Gasteiger partial charge < -0.3 is 40.3 Å². The predicted octanol–water partition coefficient (Wildman–Crippen LogP) is 8.17. The molecular formula is C42H81NO8. The van der Waals surface area contributed by atoms with Crippen LogP contribution in [0.15, 0.2) is 12.2 Å². The van der Waals surface area contributed by atoms with Crippen LogP contribution in [0.5, 0.6) is 0 Å². The molecule has 9 nitrogen and oxygen atoms in total. The second-order valence-electron chi connectivity index (χ2n) is 15.1. The average Bonchev–Trinajstić information content (AvgIpc) is 3.13. The summed E-state index contributed by atoms with van der Waals surface area (Å²) in [6.07, 6.45) is 29.3. The van der Waals surface area contributed by atoms with Crippen molar-refractivity contribution in [2.75, 3.05) is 13.2 Å². The third-order valence-electron chi connectivity index (χ3n) is 10.4. The molecule has 1 heterocycles. The molecule has 1 aliphatic rings. The number of ether oxygens (including phenoxy) is 2. The second kappa shape index (κ2) is 33.5. The molecule has 0 aromatic carbocycles. The van der Waals surface area contributed by atoms with E-state index >= 15 is 0 Å². The van der Waals surface area contributed by atoms with E-state index in [9.17, 15) is 30.3 Å². The lowest BCUT2D eigenvalue weighted by Crippen LogP contribution is -2.60. The van der Waals surface area contributed by atoms with Gasteiger partial charge in [0.25, 0.3) is 0 Å². The summed E-state index contributed by atoms with van der Waals surface area (Å²) in [7, 11) is 0. The van der Waals surface area contributed by atoms with Gasteiger partial charge in [-0.1, -0.05) is 167 Å². The highest BCUT2D eigenvalue weighted by atomic mass is 16.7. The van der Waals surface area contributed by atoms with E-state index in [2.05, 4.69) is 31.3 Å². The van der Waals surface area contributed by atoms with Gasteiger partial charge in [0.2, 0.25) is 5.91 Å². The molecule has 7 unspecified atom stereocenters. The highest BCUT2D eigenvalue weighted by Crippen LogP contribution is 2.23. The van der Waals surface area contributed by atoms with Crippen LogP contribution in [0.25, 0.3) is 0 Å². The van der Waals surface area contributed by atoms with E-state index in [0.717, 1.165) is 64.2 Å². The van der Waals surface area contributed by atoms with Crippen molar-refractivity contribution < 1.29 is 39.8 Å². The molecule has 1 saturated heterocycles. The molecule has 302 valence electrons. The maximum absolute atomic E-state index is 12.9. The first kappa shape index (κ1) is 48.0. The van der Waals surface area contributed by atoms with Crippen molar-refractivity contribution >= 4 is 5.91 Å². The van der Waals surface area contributed by atoms with Crippen molar-refractivity contribution in [1.82, 2.24) is 5.32 Å². The zero-order chi connectivity index (χ0) is 37.4. The molecule has 0 saturated carbocycles. The number of hydrogen-bond acceptors (Lipinski definition) is 8. The lowest BCUT2D eigenvalue weighted by molar-refractivity contribution is -0.302. The fourth-order valence-electron chi connectivity index (χ4n) is 6.85. The first-order valence-corrected chi connectivity index (χ1v) is 21.4. The maximum Gasteiger partial charge on any atom is 0.220 e. The van der Waals surface area contributed by atoms with Crippen LogP contribution in [0.2, 0.25) is 0 Å². The Morgan fingerprint density at radius 3 is 1.65 bits per heavy atom. The zero-order valence-corrected chi connectivity index (χ0v) is 32.9. The molecule has 1 fully saturated rings. The molecule has 0 aromatic heterocycles.